The third-order valence-electron chi connectivity index (χ3n) is 3.78. The number of nitrogens with one attached hydrogen (secondary N) is 1. The van der Waals surface area contributed by atoms with Crippen LogP contribution in [-0.4, -0.2) is 29.6 Å². The van der Waals surface area contributed by atoms with Gasteiger partial charge in [-0.25, -0.2) is 18.4 Å². The lowest BCUT2D eigenvalue weighted by Gasteiger charge is -2.12. The molecule has 0 amide bonds. The summed E-state index contributed by atoms with van der Waals surface area (Å²) in [4.78, 5) is 11.7. The predicted octanol–water partition coefficient (Wildman–Crippen LogP) is 3.57. The first kappa shape index (κ1) is 19.7. The molecule has 0 spiro atoms. The maximum absolute atomic E-state index is 13.2. The van der Waals surface area contributed by atoms with Gasteiger partial charge < -0.3 is 5.32 Å². The van der Waals surface area contributed by atoms with Crippen molar-refractivity contribution in [3.8, 4) is 11.4 Å². The second-order valence-electron chi connectivity index (χ2n) is 5.97. The van der Waals surface area contributed by atoms with Crippen molar-refractivity contribution in [2.24, 2.45) is 0 Å². The molecule has 1 N–H and O–H groups in total. The largest absolute Gasteiger partial charge is 0.433 e. The Labute approximate surface area is 159 Å². The lowest BCUT2D eigenvalue weighted by molar-refractivity contribution is -0.141. The van der Waals surface area contributed by atoms with Crippen molar-refractivity contribution >= 4 is 15.7 Å². The molecule has 0 bridgehead atoms. The number of benzene rings is 1. The lowest BCUT2D eigenvalue weighted by atomic mass is 10.2. The van der Waals surface area contributed by atoms with E-state index in [0.29, 0.717) is 0 Å². The van der Waals surface area contributed by atoms with Gasteiger partial charge in [-0.15, -0.1) is 0 Å². The summed E-state index contributed by atoms with van der Waals surface area (Å²) < 4.78 is 62.8. The molecular weight excluding hydrogens is 393 g/mol. The van der Waals surface area contributed by atoms with Crippen LogP contribution >= 0.6 is 0 Å². The Balaban J connectivity index is 1.96. The van der Waals surface area contributed by atoms with Crippen molar-refractivity contribution in [1.29, 1.82) is 0 Å². The summed E-state index contributed by atoms with van der Waals surface area (Å²) in [7, 11) is -3.42. The Morgan fingerprint density at radius 2 is 1.64 bits per heavy atom. The molecule has 2 heterocycles. The summed E-state index contributed by atoms with van der Waals surface area (Å²) in [5.41, 5.74) is -0.00592. The first-order valence-electron chi connectivity index (χ1n) is 8.02. The standard InChI is InChI=1S/C18H15F3N4O2S/c1-28(26,27)14-4-2-13(3-5-14)17-24-15(18(19,20)21)10-16(25-17)23-11-12-6-8-22-9-7-12/h2-10H,11H2,1H3,(H,23,24,25). The van der Waals surface area contributed by atoms with Gasteiger partial charge in [0.15, 0.2) is 21.4 Å². The average Bonchev–Trinajstić information content (AvgIpc) is 2.66. The Morgan fingerprint density at radius 1 is 1.00 bits per heavy atom. The molecule has 2 aromatic heterocycles. The Hall–Kier alpha value is -3.01. The van der Waals surface area contributed by atoms with Gasteiger partial charge in [0.1, 0.15) is 5.82 Å². The third kappa shape index (κ3) is 4.83. The third-order valence-corrected chi connectivity index (χ3v) is 4.91. The minimum Gasteiger partial charge on any atom is -0.366 e. The lowest BCUT2D eigenvalue weighted by Crippen LogP contribution is -2.12. The molecule has 0 saturated carbocycles. The van der Waals surface area contributed by atoms with E-state index >= 15 is 0 Å². The van der Waals surface area contributed by atoms with Crippen LogP contribution in [0.5, 0.6) is 0 Å². The fraction of sp³-hybridized carbons (Fsp3) is 0.167. The molecule has 0 fully saturated rings. The smallest absolute Gasteiger partial charge is 0.366 e. The normalized spacial score (nSPS) is 12.0. The number of aromatic nitrogens is 3. The van der Waals surface area contributed by atoms with Gasteiger partial charge in [0.05, 0.1) is 4.90 Å². The first-order chi connectivity index (χ1) is 13.1. The van der Waals surface area contributed by atoms with Crippen LogP contribution in [0.3, 0.4) is 0 Å². The number of anilines is 1. The molecule has 3 rings (SSSR count). The highest BCUT2D eigenvalue weighted by Gasteiger charge is 2.33. The SMILES string of the molecule is CS(=O)(=O)c1ccc(-c2nc(NCc3ccncc3)cc(C(F)(F)F)n2)cc1. The van der Waals surface area contributed by atoms with Gasteiger partial charge in [-0.05, 0) is 42.0 Å². The van der Waals surface area contributed by atoms with Crippen molar-refractivity contribution in [1.82, 2.24) is 15.0 Å². The summed E-state index contributed by atoms with van der Waals surface area (Å²) in [5, 5.41) is 2.84. The highest BCUT2D eigenvalue weighted by molar-refractivity contribution is 7.90. The maximum atomic E-state index is 13.2. The fourth-order valence-electron chi connectivity index (χ4n) is 2.36. The molecule has 1 aromatic carbocycles. The minimum absolute atomic E-state index is 0.00123. The highest BCUT2D eigenvalue weighted by Crippen LogP contribution is 2.31. The van der Waals surface area contributed by atoms with E-state index in [2.05, 4.69) is 20.3 Å². The van der Waals surface area contributed by atoms with Crippen LogP contribution in [0.15, 0.2) is 59.8 Å². The molecule has 10 heteroatoms. The van der Waals surface area contributed by atoms with E-state index in [-0.39, 0.29) is 28.6 Å². The number of sulfone groups is 1. The van der Waals surface area contributed by atoms with E-state index in [1.807, 2.05) is 0 Å². The molecule has 0 aliphatic heterocycles. The molecule has 6 nitrogen and oxygen atoms in total. The van der Waals surface area contributed by atoms with E-state index in [1.54, 1.807) is 24.5 Å². The first-order valence-corrected chi connectivity index (χ1v) is 9.91. The summed E-state index contributed by atoms with van der Waals surface area (Å²) in [6.07, 6.45) is -0.457. The summed E-state index contributed by atoms with van der Waals surface area (Å²) in [5.74, 6) is -0.159. The minimum atomic E-state index is -4.66. The number of alkyl halides is 3. The zero-order chi connectivity index (χ0) is 20.4. The number of nitrogens with zero attached hydrogens (tertiary/aromatic N) is 3. The van der Waals surface area contributed by atoms with Gasteiger partial charge in [-0.2, -0.15) is 13.2 Å². The van der Waals surface area contributed by atoms with Crippen LogP contribution in [0.1, 0.15) is 11.3 Å². The second-order valence-corrected chi connectivity index (χ2v) is 7.98. The Kier molecular flexibility index (Phi) is 5.32. The molecule has 146 valence electrons. The Morgan fingerprint density at radius 3 is 2.21 bits per heavy atom. The van der Waals surface area contributed by atoms with Crippen molar-refractivity contribution in [2.75, 3.05) is 11.6 Å². The maximum Gasteiger partial charge on any atom is 0.433 e. The molecule has 0 atom stereocenters. The van der Waals surface area contributed by atoms with Gasteiger partial charge in [0, 0.05) is 36.8 Å². The summed E-state index contributed by atoms with van der Waals surface area (Å²) in [6, 6.07) is 9.64. The molecule has 0 unspecified atom stereocenters. The van der Waals surface area contributed by atoms with Crippen LogP contribution in [0.2, 0.25) is 0 Å². The Bertz CT molecular complexity index is 1070. The van der Waals surface area contributed by atoms with E-state index in [9.17, 15) is 21.6 Å². The van der Waals surface area contributed by atoms with Crippen LogP contribution in [0.25, 0.3) is 11.4 Å². The van der Waals surface area contributed by atoms with Gasteiger partial charge in [0.25, 0.3) is 0 Å². The van der Waals surface area contributed by atoms with Gasteiger partial charge in [0.2, 0.25) is 0 Å². The van der Waals surface area contributed by atoms with Crippen LogP contribution in [0.4, 0.5) is 19.0 Å². The summed E-state index contributed by atoms with van der Waals surface area (Å²) in [6.45, 7) is 0.253. The molecule has 3 aromatic rings. The van der Waals surface area contributed by atoms with Crippen LogP contribution < -0.4 is 5.32 Å². The van der Waals surface area contributed by atoms with E-state index < -0.39 is 21.7 Å². The monoisotopic (exact) mass is 408 g/mol. The molecule has 0 radical (unpaired) electrons. The molecular formula is C18H15F3N4O2S. The van der Waals surface area contributed by atoms with Gasteiger partial charge in [-0.3, -0.25) is 4.98 Å². The highest BCUT2D eigenvalue weighted by atomic mass is 32.2. The van der Waals surface area contributed by atoms with Gasteiger partial charge >= 0.3 is 6.18 Å². The van der Waals surface area contributed by atoms with Crippen LogP contribution in [-0.2, 0) is 22.6 Å². The quantitative estimate of drug-likeness (QED) is 0.695. The number of halogens is 3. The molecule has 0 saturated heterocycles. The van der Waals surface area contributed by atoms with Gasteiger partial charge in [-0.1, -0.05) is 0 Å². The number of rotatable bonds is 5. The van der Waals surface area contributed by atoms with Crippen molar-refractivity contribution < 1.29 is 21.6 Å². The van der Waals surface area contributed by atoms with E-state index in [0.717, 1.165) is 17.9 Å². The molecule has 28 heavy (non-hydrogen) atoms. The van der Waals surface area contributed by atoms with E-state index in [1.165, 1.54) is 24.3 Å². The molecule has 0 aliphatic carbocycles. The van der Waals surface area contributed by atoms with E-state index in [4.69, 9.17) is 0 Å². The zero-order valence-corrected chi connectivity index (χ0v) is 15.4. The molecule has 0 aliphatic rings. The van der Waals surface area contributed by atoms with Crippen molar-refractivity contribution in [2.45, 2.75) is 17.6 Å². The number of hydrogen-bond donors (Lipinski definition) is 1. The predicted molar refractivity (Wildman–Crippen MR) is 97.1 cm³/mol. The summed E-state index contributed by atoms with van der Waals surface area (Å²) >= 11 is 0. The van der Waals surface area contributed by atoms with Crippen molar-refractivity contribution in [3.05, 3.63) is 66.1 Å². The number of hydrogen-bond acceptors (Lipinski definition) is 6. The van der Waals surface area contributed by atoms with Crippen LogP contribution in [0, 0.1) is 0 Å². The number of pyridine rings is 1. The fourth-order valence-corrected chi connectivity index (χ4v) is 2.99. The zero-order valence-electron chi connectivity index (χ0n) is 14.6. The second kappa shape index (κ2) is 7.55. The topological polar surface area (TPSA) is 84.8 Å². The van der Waals surface area contributed by atoms with Crippen molar-refractivity contribution in [3.63, 3.8) is 0 Å². The average molecular weight is 408 g/mol.